The van der Waals surface area contributed by atoms with Crippen molar-refractivity contribution in [1.82, 2.24) is 19.7 Å². The first-order valence-corrected chi connectivity index (χ1v) is 6.01. The largest absolute Gasteiger partial charge is 0.319 e. The van der Waals surface area contributed by atoms with E-state index in [9.17, 15) is 4.79 Å². The lowest BCUT2D eigenvalue weighted by Gasteiger charge is -2.05. The van der Waals surface area contributed by atoms with Crippen LogP contribution in [0.15, 0.2) is 61.2 Å². The molecule has 0 radical (unpaired) electrons. The number of nitrogens with one attached hydrogen (secondary N) is 1. The molecule has 0 bridgehead atoms. The van der Waals surface area contributed by atoms with Crippen molar-refractivity contribution in [2.45, 2.75) is 0 Å². The third-order valence-corrected chi connectivity index (χ3v) is 2.64. The minimum Gasteiger partial charge on any atom is -0.319 e. The molecule has 6 nitrogen and oxygen atoms in total. The molecule has 3 rings (SSSR count). The smallest absolute Gasteiger partial charge is 0.255 e. The second kappa shape index (κ2) is 5.31. The summed E-state index contributed by atoms with van der Waals surface area (Å²) in [5, 5.41) is 6.77. The highest BCUT2D eigenvalue weighted by Crippen LogP contribution is 2.08. The molecular weight excluding hydrogens is 254 g/mol. The SMILES string of the molecule is O=C(Nc1cnc(-n2cccn2)nc1)c1ccccc1. The summed E-state index contributed by atoms with van der Waals surface area (Å²) < 4.78 is 1.54. The van der Waals surface area contributed by atoms with Gasteiger partial charge < -0.3 is 5.32 Å². The van der Waals surface area contributed by atoms with Gasteiger partial charge in [0.05, 0.1) is 18.1 Å². The minimum atomic E-state index is -0.193. The number of hydrogen-bond donors (Lipinski definition) is 1. The zero-order valence-corrected chi connectivity index (χ0v) is 10.5. The summed E-state index contributed by atoms with van der Waals surface area (Å²) in [6, 6.07) is 10.8. The van der Waals surface area contributed by atoms with Gasteiger partial charge in [-0.3, -0.25) is 4.79 Å². The summed E-state index contributed by atoms with van der Waals surface area (Å²) in [6.45, 7) is 0. The third-order valence-electron chi connectivity index (χ3n) is 2.64. The van der Waals surface area contributed by atoms with Crippen LogP contribution in [0.5, 0.6) is 0 Å². The maximum Gasteiger partial charge on any atom is 0.255 e. The predicted molar refractivity (Wildman–Crippen MR) is 73.5 cm³/mol. The fraction of sp³-hybridized carbons (Fsp3) is 0. The number of anilines is 1. The van der Waals surface area contributed by atoms with Crippen LogP contribution in [0.3, 0.4) is 0 Å². The fourth-order valence-electron chi connectivity index (χ4n) is 1.68. The molecule has 6 heteroatoms. The molecule has 0 aliphatic carbocycles. The van der Waals surface area contributed by atoms with Crippen molar-refractivity contribution < 1.29 is 4.79 Å². The Balaban J connectivity index is 1.74. The van der Waals surface area contributed by atoms with Crippen LogP contribution in [0, 0.1) is 0 Å². The minimum absolute atomic E-state index is 0.193. The zero-order valence-electron chi connectivity index (χ0n) is 10.5. The highest BCUT2D eigenvalue weighted by Gasteiger charge is 2.06. The van der Waals surface area contributed by atoms with Gasteiger partial charge in [0.1, 0.15) is 0 Å². The highest BCUT2D eigenvalue weighted by atomic mass is 16.1. The Bertz CT molecular complexity index is 692. The molecule has 0 spiro atoms. The summed E-state index contributed by atoms with van der Waals surface area (Å²) >= 11 is 0. The topological polar surface area (TPSA) is 72.7 Å². The van der Waals surface area contributed by atoms with Crippen LogP contribution >= 0.6 is 0 Å². The average molecular weight is 265 g/mol. The Morgan fingerprint density at radius 1 is 1.05 bits per heavy atom. The van der Waals surface area contributed by atoms with E-state index in [1.54, 1.807) is 47.7 Å². The van der Waals surface area contributed by atoms with Crippen LogP contribution in [0.25, 0.3) is 5.95 Å². The van der Waals surface area contributed by atoms with Crippen molar-refractivity contribution in [1.29, 1.82) is 0 Å². The van der Waals surface area contributed by atoms with Gasteiger partial charge in [-0.05, 0) is 18.2 Å². The first-order valence-electron chi connectivity index (χ1n) is 6.01. The molecule has 3 aromatic rings. The van der Waals surface area contributed by atoms with Crippen molar-refractivity contribution in [3.8, 4) is 5.95 Å². The number of hydrogen-bond acceptors (Lipinski definition) is 4. The van der Waals surface area contributed by atoms with Gasteiger partial charge in [0.15, 0.2) is 0 Å². The van der Waals surface area contributed by atoms with Gasteiger partial charge in [-0.25, -0.2) is 14.6 Å². The molecule has 0 aliphatic heterocycles. The molecule has 20 heavy (non-hydrogen) atoms. The number of aromatic nitrogens is 4. The van der Waals surface area contributed by atoms with Crippen molar-refractivity contribution >= 4 is 11.6 Å². The molecule has 0 atom stereocenters. The first kappa shape index (κ1) is 12.0. The van der Waals surface area contributed by atoms with Crippen molar-refractivity contribution in [3.05, 3.63) is 66.7 Å². The Labute approximate surface area is 115 Å². The van der Waals surface area contributed by atoms with E-state index < -0.39 is 0 Å². The van der Waals surface area contributed by atoms with Gasteiger partial charge in [-0.2, -0.15) is 5.10 Å². The Morgan fingerprint density at radius 3 is 2.45 bits per heavy atom. The average Bonchev–Trinajstić information content (AvgIpc) is 3.03. The van der Waals surface area contributed by atoms with E-state index in [0.717, 1.165) is 0 Å². The lowest BCUT2D eigenvalue weighted by atomic mass is 10.2. The number of amides is 1. The monoisotopic (exact) mass is 265 g/mol. The van der Waals surface area contributed by atoms with Crippen LogP contribution < -0.4 is 5.32 Å². The molecule has 1 amide bonds. The summed E-state index contributed by atoms with van der Waals surface area (Å²) in [4.78, 5) is 20.2. The molecule has 0 aliphatic rings. The van der Waals surface area contributed by atoms with E-state index in [0.29, 0.717) is 17.2 Å². The molecule has 0 fully saturated rings. The van der Waals surface area contributed by atoms with Crippen LogP contribution in [-0.2, 0) is 0 Å². The zero-order chi connectivity index (χ0) is 13.8. The van der Waals surface area contributed by atoms with Gasteiger partial charge >= 0.3 is 0 Å². The van der Waals surface area contributed by atoms with E-state index in [1.807, 2.05) is 18.2 Å². The number of rotatable bonds is 3. The normalized spacial score (nSPS) is 10.2. The number of carbonyl (C=O) groups is 1. The molecule has 98 valence electrons. The predicted octanol–water partition coefficient (Wildman–Crippen LogP) is 1.91. The van der Waals surface area contributed by atoms with Crippen molar-refractivity contribution in [2.24, 2.45) is 0 Å². The van der Waals surface area contributed by atoms with Gasteiger partial charge in [0, 0.05) is 18.0 Å². The number of benzene rings is 1. The lowest BCUT2D eigenvalue weighted by molar-refractivity contribution is 0.102. The molecular formula is C14H11N5O. The van der Waals surface area contributed by atoms with E-state index in [-0.39, 0.29) is 5.91 Å². The fourth-order valence-corrected chi connectivity index (χ4v) is 1.68. The Morgan fingerprint density at radius 2 is 1.80 bits per heavy atom. The molecule has 0 unspecified atom stereocenters. The van der Waals surface area contributed by atoms with Crippen LogP contribution in [0.4, 0.5) is 5.69 Å². The van der Waals surface area contributed by atoms with Crippen LogP contribution in [-0.4, -0.2) is 25.7 Å². The molecule has 1 aromatic carbocycles. The Hall–Kier alpha value is -3.02. The second-order valence-corrected chi connectivity index (χ2v) is 4.04. The van der Waals surface area contributed by atoms with Crippen molar-refractivity contribution in [2.75, 3.05) is 5.32 Å². The van der Waals surface area contributed by atoms with Crippen LogP contribution in [0.1, 0.15) is 10.4 Å². The van der Waals surface area contributed by atoms with Crippen LogP contribution in [0.2, 0.25) is 0 Å². The number of carbonyl (C=O) groups excluding carboxylic acids is 1. The summed E-state index contributed by atoms with van der Waals surface area (Å²) in [6.07, 6.45) is 6.49. The summed E-state index contributed by atoms with van der Waals surface area (Å²) in [5.74, 6) is 0.258. The van der Waals surface area contributed by atoms with E-state index in [2.05, 4.69) is 20.4 Å². The summed E-state index contributed by atoms with van der Waals surface area (Å²) in [5.41, 5.74) is 1.12. The van der Waals surface area contributed by atoms with E-state index in [4.69, 9.17) is 0 Å². The quantitative estimate of drug-likeness (QED) is 0.785. The maximum absolute atomic E-state index is 11.9. The summed E-state index contributed by atoms with van der Waals surface area (Å²) in [7, 11) is 0. The molecule has 0 saturated heterocycles. The van der Waals surface area contributed by atoms with Gasteiger partial charge in [-0.1, -0.05) is 18.2 Å². The van der Waals surface area contributed by atoms with Gasteiger partial charge in [-0.15, -0.1) is 0 Å². The van der Waals surface area contributed by atoms with Gasteiger partial charge in [0.25, 0.3) is 11.9 Å². The molecule has 2 aromatic heterocycles. The van der Waals surface area contributed by atoms with Gasteiger partial charge in [0.2, 0.25) is 0 Å². The first-order chi connectivity index (χ1) is 9.83. The standard InChI is InChI=1S/C14H11N5O/c20-13(11-5-2-1-3-6-11)18-12-9-15-14(16-10-12)19-8-4-7-17-19/h1-10H,(H,18,20). The van der Waals surface area contributed by atoms with Crippen molar-refractivity contribution in [3.63, 3.8) is 0 Å². The second-order valence-electron chi connectivity index (χ2n) is 4.04. The maximum atomic E-state index is 11.9. The Kier molecular flexibility index (Phi) is 3.20. The lowest BCUT2D eigenvalue weighted by Crippen LogP contribution is -2.12. The third kappa shape index (κ3) is 2.54. The number of nitrogens with zero attached hydrogens (tertiary/aromatic N) is 4. The van der Waals surface area contributed by atoms with E-state index in [1.165, 1.54) is 0 Å². The molecule has 0 saturated carbocycles. The van der Waals surface area contributed by atoms with E-state index >= 15 is 0 Å². The molecule has 2 heterocycles. The highest BCUT2D eigenvalue weighted by molar-refractivity contribution is 6.04. The molecule has 1 N–H and O–H groups in total.